The molecule has 20 heavy (non-hydrogen) atoms. The third-order valence-corrected chi connectivity index (χ3v) is 2.47. The molecule has 1 heterocycles. The zero-order chi connectivity index (χ0) is 14.7. The number of aromatic carboxylic acids is 1. The average Bonchev–Trinajstić information content (AvgIpc) is 2.41. The van der Waals surface area contributed by atoms with E-state index in [2.05, 4.69) is 10.3 Å². The smallest absolute Gasteiger partial charge is 0.339 e. The number of phenolic OH excluding ortho intramolecular Hbond substituents is 1. The molecule has 3 N–H and O–H groups in total. The molecule has 6 nitrogen and oxygen atoms in total. The summed E-state index contributed by atoms with van der Waals surface area (Å²) in [6, 6.07) is 5.53. The molecule has 7 heteroatoms. The molecule has 0 aliphatic carbocycles. The topological polar surface area (TPSA) is 99.5 Å². The van der Waals surface area contributed by atoms with Gasteiger partial charge in [0.05, 0.1) is 5.56 Å². The number of anilines is 1. The molecule has 1 aromatic carbocycles. The molecular formula is C13H9FN2O4. The average molecular weight is 276 g/mol. The minimum Gasteiger partial charge on any atom is -0.507 e. The highest BCUT2D eigenvalue weighted by atomic mass is 19.1. The molecule has 0 radical (unpaired) electrons. The van der Waals surface area contributed by atoms with Crippen molar-refractivity contribution in [2.24, 2.45) is 0 Å². The Labute approximate surface area is 112 Å². The minimum absolute atomic E-state index is 0.186. The van der Waals surface area contributed by atoms with Crippen LogP contribution in [0.5, 0.6) is 5.75 Å². The number of carbonyl (C=O) groups is 2. The van der Waals surface area contributed by atoms with E-state index in [0.29, 0.717) is 0 Å². The number of hydrogen-bond acceptors (Lipinski definition) is 4. The summed E-state index contributed by atoms with van der Waals surface area (Å²) < 4.78 is 13.1. The predicted molar refractivity (Wildman–Crippen MR) is 67.2 cm³/mol. The van der Waals surface area contributed by atoms with Gasteiger partial charge in [0.2, 0.25) is 0 Å². The molecule has 0 fully saturated rings. The lowest BCUT2D eigenvalue weighted by molar-refractivity contribution is 0.0697. The van der Waals surface area contributed by atoms with Gasteiger partial charge in [-0.15, -0.1) is 0 Å². The lowest BCUT2D eigenvalue weighted by Gasteiger charge is -2.08. The molecule has 2 rings (SSSR count). The summed E-state index contributed by atoms with van der Waals surface area (Å²) in [5.74, 6) is -3.43. The molecule has 0 saturated heterocycles. The van der Waals surface area contributed by atoms with Crippen LogP contribution in [0.4, 0.5) is 10.2 Å². The number of carbonyl (C=O) groups excluding carboxylic acids is 1. The number of nitrogens with one attached hydrogen (secondary N) is 1. The number of pyridine rings is 1. The second-order valence-electron chi connectivity index (χ2n) is 3.82. The maximum Gasteiger partial charge on any atom is 0.339 e. The standard InChI is InChI=1S/C13H9FN2O4/c14-7-3-4-10(17)9(6-7)12(18)16-11-8(13(19)20)2-1-5-15-11/h1-6,17H,(H,19,20)(H,15,16,18). The van der Waals surface area contributed by atoms with Crippen LogP contribution in [0.2, 0.25) is 0 Å². The van der Waals surface area contributed by atoms with E-state index >= 15 is 0 Å². The molecule has 102 valence electrons. The summed E-state index contributed by atoms with van der Waals surface area (Å²) in [7, 11) is 0. The Morgan fingerprint density at radius 2 is 1.95 bits per heavy atom. The molecule has 0 unspecified atom stereocenters. The summed E-state index contributed by atoms with van der Waals surface area (Å²) in [4.78, 5) is 26.6. The Morgan fingerprint density at radius 3 is 2.65 bits per heavy atom. The third-order valence-electron chi connectivity index (χ3n) is 2.47. The summed E-state index contributed by atoms with van der Waals surface area (Å²) in [5.41, 5.74) is -0.524. The normalized spacial score (nSPS) is 10.1. The molecule has 0 aliphatic heterocycles. The van der Waals surface area contributed by atoms with Crippen molar-refractivity contribution in [3.05, 3.63) is 53.5 Å². The maximum atomic E-state index is 13.1. The number of benzene rings is 1. The number of hydrogen-bond donors (Lipinski definition) is 3. The SMILES string of the molecule is O=C(Nc1ncccc1C(=O)O)c1cc(F)ccc1O. The van der Waals surface area contributed by atoms with Gasteiger partial charge in [-0.1, -0.05) is 0 Å². The van der Waals surface area contributed by atoms with E-state index < -0.39 is 23.4 Å². The predicted octanol–water partition coefficient (Wildman–Crippen LogP) is 1.88. The van der Waals surface area contributed by atoms with Gasteiger partial charge < -0.3 is 15.5 Å². The van der Waals surface area contributed by atoms with Crippen molar-refractivity contribution in [1.29, 1.82) is 0 Å². The van der Waals surface area contributed by atoms with Crippen molar-refractivity contribution in [2.75, 3.05) is 5.32 Å². The molecule has 1 amide bonds. The largest absolute Gasteiger partial charge is 0.507 e. The Balaban J connectivity index is 2.33. The highest BCUT2D eigenvalue weighted by Crippen LogP contribution is 2.20. The van der Waals surface area contributed by atoms with Crippen LogP contribution >= 0.6 is 0 Å². The Kier molecular flexibility index (Phi) is 3.60. The van der Waals surface area contributed by atoms with E-state index in [0.717, 1.165) is 18.2 Å². The van der Waals surface area contributed by atoms with Gasteiger partial charge in [0.25, 0.3) is 5.91 Å². The number of phenols is 1. The number of amides is 1. The van der Waals surface area contributed by atoms with Crippen molar-refractivity contribution in [3.63, 3.8) is 0 Å². The highest BCUT2D eigenvalue weighted by Gasteiger charge is 2.17. The fraction of sp³-hybridized carbons (Fsp3) is 0. The van der Waals surface area contributed by atoms with E-state index in [-0.39, 0.29) is 16.9 Å². The number of nitrogens with zero attached hydrogens (tertiary/aromatic N) is 1. The van der Waals surface area contributed by atoms with Crippen molar-refractivity contribution < 1.29 is 24.2 Å². The third kappa shape index (κ3) is 2.72. The maximum absolute atomic E-state index is 13.1. The van der Waals surface area contributed by atoms with Gasteiger partial charge >= 0.3 is 5.97 Å². The number of halogens is 1. The molecular weight excluding hydrogens is 267 g/mol. The number of carboxylic acids is 1. The molecule has 1 aromatic heterocycles. The van der Waals surface area contributed by atoms with Gasteiger partial charge in [-0.3, -0.25) is 4.79 Å². The Bertz CT molecular complexity index is 688. The van der Waals surface area contributed by atoms with Gasteiger partial charge in [0.15, 0.2) is 0 Å². The first kappa shape index (κ1) is 13.5. The molecule has 0 spiro atoms. The first-order valence-electron chi connectivity index (χ1n) is 5.47. The van der Waals surface area contributed by atoms with Crippen molar-refractivity contribution in [2.45, 2.75) is 0 Å². The van der Waals surface area contributed by atoms with Crippen LogP contribution in [-0.2, 0) is 0 Å². The van der Waals surface area contributed by atoms with E-state index in [1.54, 1.807) is 0 Å². The summed E-state index contributed by atoms with van der Waals surface area (Å²) in [6.45, 7) is 0. The minimum atomic E-state index is -1.27. The highest BCUT2D eigenvalue weighted by molar-refractivity contribution is 6.08. The molecule has 2 aromatic rings. The zero-order valence-electron chi connectivity index (χ0n) is 10.0. The second-order valence-corrected chi connectivity index (χ2v) is 3.82. The van der Waals surface area contributed by atoms with Crippen LogP contribution < -0.4 is 5.32 Å². The molecule has 0 aliphatic rings. The fourth-order valence-electron chi connectivity index (χ4n) is 1.54. The van der Waals surface area contributed by atoms with Crippen LogP contribution in [0, 0.1) is 5.82 Å². The van der Waals surface area contributed by atoms with Crippen LogP contribution in [0.3, 0.4) is 0 Å². The van der Waals surface area contributed by atoms with Gasteiger partial charge in [-0.2, -0.15) is 0 Å². The first-order chi connectivity index (χ1) is 9.49. The Morgan fingerprint density at radius 1 is 1.20 bits per heavy atom. The van der Waals surface area contributed by atoms with Crippen molar-refractivity contribution in [1.82, 2.24) is 4.98 Å². The lowest BCUT2D eigenvalue weighted by Crippen LogP contribution is -2.16. The second kappa shape index (κ2) is 5.35. The van der Waals surface area contributed by atoms with Crippen LogP contribution in [0.1, 0.15) is 20.7 Å². The van der Waals surface area contributed by atoms with Crippen LogP contribution in [0.25, 0.3) is 0 Å². The van der Waals surface area contributed by atoms with Gasteiger partial charge in [-0.25, -0.2) is 14.2 Å². The van der Waals surface area contributed by atoms with Crippen LogP contribution in [0.15, 0.2) is 36.5 Å². The van der Waals surface area contributed by atoms with E-state index in [1.807, 2.05) is 0 Å². The quantitative estimate of drug-likeness (QED) is 0.794. The Hall–Kier alpha value is -2.96. The summed E-state index contributed by atoms with van der Waals surface area (Å²) >= 11 is 0. The van der Waals surface area contributed by atoms with Crippen molar-refractivity contribution in [3.8, 4) is 5.75 Å². The zero-order valence-corrected chi connectivity index (χ0v) is 10.0. The van der Waals surface area contributed by atoms with Gasteiger partial charge in [-0.05, 0) is 30.3 Å². The van der Waals surface area contributed by atoms with Crippen LogP contribution in [-0.4, -0.2) is 27.1 Å². The van der Waals surface area contributed by atoms with Gasteiger partial charge in [0.1, 0.15) is 22.9 Å². The van der Waals surface area contributed by atoms with E-state index in [9.17, 15) is 19.1 Å². The number of aromatic hydroxyl groups is 1. The lowest BCUT2D eigenvalue weighted by atomic mass is 10.1. The van der Waals surface area contributed by atoms with E-state index in [1.165, 1.54) is 18.3 Å². The molecule has 0 bridgehead atoms. The summed E-state index contributed by atoms with van der Waals surface area (Å²) in [5, 5.41) is 20.7. The summed E-state index contributed by atoms with van der Waals surface area (Å²) in [6.07, 6.45) is 1.30. The number of carboxylic acid groups (broad SMARTS) is 1. The number of rotatable bonds is 3. The monoisotopic (exact) mass is 276 g/mol. The number of aromatic nitrogens is 1. The fourth-order valence-corrected chi connectivity index (χ4v) is 1.54. The molecule has 0 saturated carbocycles. The van der Waals surface area contributed by atoms with E-state index in [4.69, 9.17) is 5.11 Å². The first-order valence-corrected chi connectivity index (χ1v) is 5.47. The molecule has 0 atom stereocenters. The van der Waals surface area contributed by atoms with Gasteiger partial charge in [0, 0.05) is 6.20 Å². The van der Waals surface area contributed by atoms with Crippen molar-refractivity contribution >= 4 is 17.7 Å².